The lowest BCUT2D eigenvalue weighted by Gasteiger charge is -2.07. The first kappa shape index (κ1) is 13.9. The fourth-order valence-electron chi connectivity index (χ4n) is 2.24. The zero-order chi connectivity index (χ0) is 15.0. The average Bonchev–Trinajstić information content (AvgIpc) is 3.02. The van der Waals surface area contributed by atoms with Crippen LogP contribution in [0.4, 0.5) is 0 Å². The normalized spacial score (nSPS) is 13.6. The molecule has 0 fully saturated rings. The lowest BCUT2D eigenvalue weighted by atomic mass is 10.2. The number of aromatic nitrogens is 2. The predicted molar refractivity (Wildman–Crippen MR) is 74.7 cm³/mol. The van der Waals surface area contributed by atoms with Crippen LogP contribution in [0.3, 0.4) is 0 Å². The van der Waals surface area contributed by atoms with Gasteiger partial charge in [0, 0.05) is 6.54 Å². The number of benzene rings is 1. The van der Waals surface area contributed by atoms with Gasteiger partial charge >= 0.3 is 0 Å². The molecule has 0 saturated heterocycles. The third-order valence-electron chi connectivity index (χ3n) is 3.23. The minimum Gasteiger partial charge on any atom is -0.454 e. The number of sulfonamides is 1. The first-order valence-electron chi connectivity index (χ1n) is 6.37. The summed E-state index contributed by atoms with van der Waals surface area (Å²) in [5.41, 5.74) is 1.76. The number of aryl methyl sites for hydroxylation is 2. The summed E-state index contributed by atoms with van der Waals surface area (Å²) in [6, 6.07) is 5.32. The number of fused-ring (bicyclic) bond motifs is 1. The largest absolute Gasteiger partial charge is 0.454 e. The van der Waals surface area contributed by atoms with E-state index in [0.29, 0.717) is 22.9 Å². The van der Waals surface area contributed by atoms with E-state index in [-0.39, 0.29) is 18.2 Å². The first-order valence-corrected chi connectivity index (χ1v) is 7.85. The molecule has 0 amide bonds. The maximum Gasteiger partial charge on any atom is 0.244 e. The van der Waals surface area contributed by atoms with Gasteiger partial charge < -0.3 is 9.47 Å². The molecule has 1 aromatic heterocycles. The van der Waals surface area contributed by atoms with Crippen molar-refractivity contribution in [3.8, 4) is 11.5 Å². The number of nitrogens with zero attached hydrogens (tertiary/aromatic N) is 1. The fraction of sp³-hybridized carbons (Fsp3) is 0.308. The highest BCUT2D eigenvalue weighted by atomic mass is 32.2. The van der Waals surface area contributed by atoms with Crippen LogP contribution in [-0.4, -0.2) is 25.4 Å². The van der Waals surface area contributed by atoms with E-state index in [9.17, 15) is 8.42 Å². The van der Waals surface area contributed by atoms with E-state index in [1.807, 2.05) is 0 Å². The third-order valence-corrected chi connectivity index (χ3v) is 4.90. The Balaban J connectivity index is 1.78. The molecule has 0 saturated carbocycles. The highest BCUT2D eigenvalue weighted by Crippen LogP contribution is 2.32. The van der Waals surface area contributed by atoms with E-state index >= 15 is 0 Å². The molecule has 0 radical (unpaired) electrons. The van der Waals surface area contributed by atoms with E-state index in [0.717, 1.165) is 5.56 Å². The Morgan fingerprint density at radius 3 is 2.76 bits per heavy atom. The van der Waals surface area contributed by atoms with Crippen molar-refractivity contribution in [3.05, 3.63) is 35.2 Å². The van der Waals surface area contributed by atoms with Gasteiger partial charge in [0.2, 0.25) is 16.8 Å². The number of aromatic amines is 1. The molecular formula is C13H15N3O4S. The van der Waals surface area contributed by atoms with Crippen LogP contribution in [0.15, 0.2) is 23.1 Å². The SMILES string of the molecule is Cc1n[nH]c(C)c1S(=O)(=O)NCc1ccc2c(c1)OCO2. The first-order chi connectivity index (χ1) is 9.97. The summed E-state index contributed by atoms with van der Waals surface area (Å²) >= 11 is 0. The minimum absolute atomic E-state index is 0.170. The van der Waals surface area contributed by atoms with E-state index in [4.69, 9.17) is 9.47 Å². The molecular weight excluding hydrogens is 294 g/mol. The molecule has 2 N–H and O–H groups in total. The van der Waals surface area contributed by atoms with Gasteiger partial charge in [-0.25, -0.2) is 13.1 Å². The Morgan fingerprint density at radius 2 is 2.05 bits per heavy atom. The maximum absolute atomic E-state index is 12.3. The molecule has 1 aliphatic heterocycles. The van der Waals surface area contributed by atoms with Crippen molar-refractivity contribution in [3.63, 3.8) is 0 Å². The number of hydrogen-bond donors (Lipinski definition) is 2. The third kappa shape index (κ3) is 2.59. The number of nitrogens with one attached hydrogen (secondary N) is 2. The molecule has 1 aliphatic rings. The van der Waals surface area contributed by atoms with Crippen molar-refractivity contribution in [2.75, 3.05) is 6.79 Å². The van der Waals surface area contributed by atoms with Crippen LogP contribution in [0.1, 0.15) is 17.0 Å². The smallest absolute Gasteiger partial charge is 0.244 e. The van der Waals surface area contributed by atoms with Gasteiger partial charge in [-0.2, -0.15) is 5.10 Å². The summed E-state index contributed by atoms with van der Waals surface area (Å²) in [6.45, 7) is 3.69. The lowest BCUT2D eigenvalue weighted by molar-refractivity contribution is 0.174. The van der Waals surface area contributed by atoms with Crippen LogP contribution in [0, 0.1) is 13.8 Å². The van der Waals surface area contributed by atoms with Crippen molar-refractivity contribution in [1.82, 2.24) is 14.9 Å². The van der Waals surface area contributed by atoms with Gasteiger partial charge in [-0.1, -0.05) is 6.07 Å². The van der Waals surface area contributed by atoms with Crippen LogP contribution < -0.4 is 14.2 Å². The number of ether oxygens (including phenoxy) is 2. The van der Waals surface area contributed by atoms with Gasteiger partial charge in [0.15, 0.2) is 11.5 Å². The summed E-state index contributed by atoms with van der Waals surface area (Å²) in [4.78, 5) is 0.197. The highest BCUT2D eigenvalue weighted by Gasteiger charge is 2.22. The lowest BCUT2D eigenvalue weighted by Crippen LogP contribution is -2.24. The van der Waals surface area contributed by atoms with Crippen LogP contribution in [-0.2, 0) is 16.6 Å². The Labute approximate surface area is 122 Å². The molecule has 0 spiro atoms. The van der Waals surface area contributed by atoms with Gasteiger partial charge in [-0.15, -0.1) is 0 Å². The molecule has 0 bridgehead atoms. The monoisotopic (exact) mass is 309 g/mol. The van der Waals surface area contributed by atoms with E-state index in [2.05, 4.69) is 14.9 Å². The van der Waals surface area contributed by atoms with Gasteiger partial charge in [0.25, 0.3) is 0 Å². The Morgan fingerprint density at radius 1 is 1.29 bits per heavy atom. The number of H-pyrrole nitrogens is 1. The van der Waals surface area contributed by atoms with Gasteiger partial charge in [-0.05, 0) is 31.5 Å². The molecule has 2 aromatic rings. The quantitative estimate of drug-likeness (QED) is 0.886. The summed E-state index contributed by atoms with van der Waals surface area (Å²) in [6.07, 6.45) is 0. The van der Waals surface area contributed by atoms with Crippen LogP contribution in [0.25, 0.3) is 0 Å². The minimum atomic E-state index is -3.61. The fourth-order valence-corrected chi connectivity index (χ4v) is 3.62. The molecule has 3 rings (SSSR count). The topological polar surface area (TPSA) is 93.3 Å². The van der Waals surface area contributed by atoms with Crippen LogP contribution >= 0.6 is 0 Å². The van der Waals surface area contributed by atoms with Crippen molar-refractivity contribution in [2.24, 2.45) is 0 Å². The standard InChI is InChI=1S/C13H15N3O4S/c1-8-13(9(2)16-15-8)21(17,18)14-6-10-3-4-11-12(5-10)20-7-19-11/h3-5,14H,6-7H2,1-2H3,(H,15,16). The van der Waals surface area contributed by atoms with E-state index in [1.165, 1.54) is 0 Å². The van der Waals surface area contributed by atoms with Gasteiger partial charge in [0.1, 0.15) is 4.90 Å². The zero-order valence-electron chi connectivity index (χ0n) is 11.6. The molecule has 7 nitrogen and oxygen atoms in total. The van der Waals surface area contributed by atoms with Crippen molar-refractivity contribution in [1.29, 1.82) is 0 Å². The molecule has 2 heterocycles. The van der Waals surface area contributed by atoms with Crippen molar-refractivity contribution < 1.29 is 17.9 Å². The summed E-state index contributed by atoms with van der Waals surface area (Å²) in [5.74, 6) is 1.30. The van der Waals surface area contributed by atoms with Crippen LogP contribution in [0.5, 0.6) is 11.5 Å². The van der Waals surface area contributed by atoms with Crippen molar-refractivity contribution in [2.45, 2.75) is 25.3 Å². The van der Waals surface area contributed by atoms with Gasteiger partial charge in [-0.3, -0.25) is 5.10 Å². The number of rotatable bonds is 4. The Bertz CT molecular complexity index is 763. The maximum atomic E-state index is 12.3. The Hall–Kier alpha value is -2.06. The predicted octanol–water partition coefficient (Wildman–Crippen LogP) is 1.23. The molecule has 1 aromatic carbocycles. The summed E-state index contributed by atoms with van der Waals surface area (Å²) in [5, 5.41) is 6.57. The molecule has 0 unspecified atom stereocenters. The molecule has 0 aliphatic carbocycles. The summed E-state index contributed by atoms with van der Waals surface area (Å²) in [7, 11) is -3.61. The average molecular weight is 309 g/mol. The van der Waals surface area contributed by atoms with Crippen molar-refractivity contribution >= 4 is 10.0 Å². The van der Waals surface area contributed by atoms with E-state index < -0.39 is 10.0 Å². The highest BCUT2D eigenvalue weighted by molar-refractivity contribution is 7.89. The number of hydrogen-bond acceptors (Lipinski definition) is 5. The summed E-state index contributed by atoms with van der Waals surface area (Å²) < 4.78 is 37.7. The van der Waals surface area contributed by atoms with Gasteiger partial charge in [0.05, 0.1) is 11.4 Å². The second kappa shape index (κ2) is 5.05. The molecule has 112 valence electrons. The van der Waals surface area contributed by atoms with Crippen LogP contribution in [0.2, 0.25) is 0 Å². The second-order valence-corrected chi connectivity index (χ2v) is 6.48. The molecule has 21 heavy (non-hydrogen) atoms. The zero-order valence-corrected chi connectivity index (χ0v) is 12.5. The second-order valence-electron chi connectivity index (χ2n) is 4.78. The Kier molecular flexibility index (Phi) is 3.34. The van der Waals surface area contributed by atoms with E-state index in [1.54, 1.807) is 32.0 Å². The molecule has 0 atom stereocenters. The molecule has 8 heteroatoms.